The molecule has 3 atom stereocenters. The number of hydrogen-bond acceptors (Lipinski definition) is 7. The first kappa shape index (κ1) is 25.3. The Morgan fingerprint density at radius 2 is 2.17 bits per heavy atom. The molecule has 35 heavy (non-hydrogen) atoms. The van der Waals surface area contributed by atoms with Gasteiger partial charge in [0.25, 0.3) is 11.8 Å². The first-order valence-electron chi connectivity index (χ1n) is 11.3. The largest absolute Gasteiger partial charge is 0.456 e. The van der Waals surface area contributed by atoms with Crippen molar-refractivity contribution in [1.82, 2.24) is 15.1 Å². The van der Waals surface area contributed by atoms with Crippen LogP contribution < -0.4 is 10.1 Å². The SMILES string of the molecule is CC1C[C@H](N2CC(Oc3cccc(Br)c3F)=CC2=O)C(=O)N1C(=N)/C=C\NC[C@@H]1COC(C)(C)O1. The lowest BCUT2D eigenvalue weighted by Gasteiger charge is -2.23. The van der Waals surface area contributed by atoms with E-state index in [0.717, 1.165) is 0 Å². The molecule has 1 unspecified atom stereocenters. The van der Waals surface area contributed by atoms with Crippen LogP contribution >= 0.6 is 15.9 Å². The third-order valence-electron chi connectivity index (χ3n) is 5.99. The van der Waals surface area contributed by atoms with Gasteiger partial charge in [0.15, 0.2) is 17.4 Å². The summed E-state index contributed by atoms with van der Waals surface area (Å²) in [6, 6.07) is 3.65. The zero-order chi connectivity index (χ0) is 25.3. The van der Waals surface area contributed by atoms with Crippen molar-refractivity contribution in [2.45, 2.75) is 51.2 Å². The van der Waals surface area contributed by atoms with Crippen LogP contribution in [0, 0.1) is 11.2 Å². The van der Waals surface area contributed by atoms with Crippen LogP contribution in [0.4, 0.5) is 4.39 Å². The fourth-order valence-corrected chi connectivity index (χ4v) is 4.69. The van der Waals surface area contributed by atoms with Crippen LogP contribution in [0.5, 0.6) is 5.75 Å². The summed E-state index contributed by atoms with van der Waals surface area (Å²) < 4.78 is 31.3. The molecule has 2 saturated heterocycles. The number of ether oxygens (including phenoxy) is 3. The highest BCUT2D eigenvalue weighted by molar-refractivity contribution is 9.10. The number of amidine groups is 1. The van der Waals surface area contributed by atoms with Gasteiger partial charge in [0.2, 0.25) is 0 Å². The van der Waals surface area contributed by atoms with Crippen molar-refractivity contribution in [2.24, 2.45) is 0 Å². The standard InChI is InChI=1S/C24H28BrFN4O5/c1-14-9-18(29-12-15(10-21(29)31)34-19-6-4-5-17(25)22(19)26)23(32)30(14)20(27)7-8-28-11-16-13-33-24(2,3)35-16/h4-8,10,14,16,18,27-28H,9,11-13H2,1-3H3/b8-7-,27-20?/t14?,16-,18+/m1/s1. The molecule has 0 aliphatic carbocycles. The fourth-order valence-electron chi connectivity index (χ4n) is 4.35. The number of benzene rings is 1. The van der Waals surface area contributed by atoms with Gasteiger partial charge in [0.05, 0.1) is 17.6 Å². The molecule has 0 bridgehead atoms. The summed E-state index contributed by atoms with van der Waals surface area (Å²) in [5.41, 5.74) is 0. The molecule has 3 aliphatic heterocycles. The molecule has 0 saturated carbocycles. The summed E-state index contributed by atoms with van der Waals surface area (Å²) in [6.45, 7) is 6.57. The molecule has 3 aliphatic rings. The Hall–Kier alpha value is -2.76. The van der Waals surface area contributed by atoms with E-state index in [2.05, 4.69) is 21.2 Å². The van der Waals surface area contributed by atoms with E-state index in [1.165, 1.54) is 28.0 Å². The molecule has 1 aromatic carbocycles. The molecule has 2 amide bonds. The maximum atomic E-state index is 14.2. The molecule has 3 heterocycles. The molecule has 188 valence electrons. The van der Waals surface area contributed by atoms with Crippen LogP contribution in [0.15, 0.2) is 46.8 Å². The number of carbonyl (C=O) groups is 2. The lowest BCUT2D eigenvalue weighted by molar-refractivity contribution is -0.137. The van der Waals surface area contributed by atoms with E-state index in [-0.39, 0.29) is 52.3 Å². The predicted molar refractivity (Wildman–Crippen MR) is 129 cm³/mol. The summed E-state index contributed by atoms with van der Waals surface area (Å²) in [5, 5.41) is 11.4. The first-order valence-corrected chi connectivity index (χ1v) is 12.1. The number of likely N-dealkylation sites (tertiary alicyclic amines) is 1. The van der Waals surface area contributed by atoms with Crippen LogP contribution in [-0.4, -0.2) is 71.1 Å². The Kier molecular flexibility index (Phi) is 7.30. The van der Waals surface area contributed by atoms with Crippen LogP contribution in [0.1, 0.15) is 27.2 Å². The van der Waals surface area contributed by atoms with Gasteiger partial charge in [-0.15, -0.1) is 0 Å². The number of rotatable bonds is 7. The molecule has 2 fully saturated rings. The van der Waals surface area contributed by atoms with E-state index in [1.807, 2.05) is 20.8 Å². The highest BCUT2D eigenvalue weighted by Gasteiger charge is 2.45. The topological polar surface area (TPSA) is 104 Å². The average molecular weight is 551 g/mol. The number of halogens is 2. The second-order valence-corrected chi connectivity index (χ2v) is 9.97. The van der Waals surface area contributed by atoms with Gasteiger partial charge in [-0.2, -0.15) is 0 Å². The third-order valence-corrected chi connectivity index (χ3v) is 6.60. The molecule has 9 nitrogen and oxygen atoms in total. The normalized spacial score (nSPS) is 26.1. The third kappa shape index (κ3) is 5.57. The highest BCUT2D eigenvalue weighted by atomic mass is 79.9. The Bertz CT molecular complexity index is 1090. The molecule has 2 N–H and O–H groups in total. The summed E-state index contributed by atoms with van der Waals surface area (Å²) in [6.07, 6.45) is 4.66. The van der Waals surface area contributed by atoms with E-state index < -0.39 is 17.6 Å². The van der Waals surface area contributed by atoms with Crippen LogP contribution in [0.3, 0.4) is 0 Å². The predicted octanol–water partition coefficient (Wildman–Crippen LogP) is 2.91. The minimum atomic E-state index is -0.727. The van der Waals surface area contributed by atoms with Crippen molar-refractivity contribution >= 4 is 33.6 Å². The minimum Gasteiger partial charge on any atom is -0.456 e. The summed E-state index contributed by atoms with van der Waals surface area (Å²) >= 11 is 3.11. The Morgan fingerprint density at radius 1 is 1.40 bits per heavy atom. The first-order chi connectivity index (χ1) is 16.6. The molecule has 0 radical (unpaired) electrons. The van der Waals surface area contributed by atoms with Crippen molar-refractivity contribution in [3.05, 3.63) is 52.6 Å². The highest BCUT2D eigenvalue weighted by Crippen LogP contribution is 2.30. The minimum absolute atomic E-state index is 0.00874. The molecular weight excluding hydrogens is 523 g/mol. The van der Waals surface area contributed by atoms with Gasteiger partial charge in [0, 0.05) is 24.9 Å². The summed E-state index contributed by atoms with van der Waals surface area (Å²) in [7, 11) is 0. The summed E-state index contributed by atoms with van der Waals surface area (Å²) in [5.74, 6) is -1.62. The summed E-state index contributed by atoms with van der Waals surface area (Å²) in [4.78, 5) is 28.5. The van der Waals surface area contributed by atoms with Crippen LogP contribution in [-0.2, 0) is 19.1 Å². The van der Waals surface area contributed by atoms with Crippen molar-refractivity contribution in [3.8, 4) is 5.75 Å². The number of amides is 2. The van der Waals surface area contributed by atoms with Gasteiger partial charge in [-0.05, 0) is 61.3 Å². The molecule has 0 spiro atoms. The molecule has 11 heteroatoms. The van der Waals surface area contributed by atoms with Gasteiger partial charge in [-0.25, -0.2) is 4.39 Å². The van der Waals surface area contributed by atoms with Crippen molar-refractivity contribution in [2.75, 3.05) is 19.7 Å². The monoisotopic (exact) mass is 550 g/mol. The van der Waals surface area contributed by atoms with Crippen molar-refractivity contribution in [1.29, 1.82) is 5.41 Å². The second-order valence-electron chi connectivity index (χ2n) is 9.12. The van der Waals surface area contributed by atoms with E-state index in [4.69, 9.17) is 19.6 Å². The maximum absolute atomic E-state index is 14.2. The van der Waals surface area contributed by atoms with Gasteiger partial charge in [-0.1, -0.05) is 6.07 Å². The smallest absolute Gasteiger partial charge is 0.251 e. The van der Waals surface area contributed by atoms with E-state index in [9.17, 15) is 14.0 Å². The lowest BCUT2D eigenvalue weighted by Crippen LogP contribution is -2.44. The molecule has 4 rings (SSSR count). The van der Waals surface area contributed by atoms with Crippen molar-refractivity contribution < 1.29 is 28.2 Å². The lowest BCUT2D eigenvalue weighted by atomic mass is 10.1. The van der Waals surface area contributed by atoms with E-state index in [0.29, 0.717) is 19.6 Å². The van der Waals surface area contributed by atoms with E-state index >= 15 is 0 Å². The zero-order valence-corrected chi connectivity index (χ0v) is 21.3. The second kappa shape index (κ2) is 10.1. The number of hydrogen-bond donors (Lipinski definition) is 2. The quantitative estimate of drug-likeness (QED) is 0.399. The fraction of sp³-hybridized carbons (Fsp3) is 0.458. The Labute approximate surface area is 211 Å². The zero-order valence-electron chi connectivity index (χ0n) is 19.7. The Morgan fingerprint density at radius 3 is 2.89 bits per heavy atom. The maximum Gasteiger partial charge on any atom is 0.251 e. The molecule has 0 aromatic heterocycles. The van der Waals surface area contributed by atoms with Crippen LogP contribution in [0.25, 0.3) is 0 Å². The van der Waals surface area contributed by atoms with Gasteiger partial charge in [-0.3, -0.25) is 19.9 Å². The van der Waals surface area contributed by atoms with Gasteiger partial charge >= 0.3 is 0 Å². The van der Waals surface area contributed by atoms with Crippen molar-refractivity contribution in [3.63, 3.8) is 0 Å². The average Bonchev–Trinajstić information content (AvgIpc) is 3.42. The van der Waals surface area contributed by atoms with Gasteiger partial charge < -0.3 is 24.4 Å². The van der Waals surface area contributed by atoms with E-state index in [1.54, 1.807) is 18.3 Å². The Balaban J connectivity index is 1.32. The molecular formula is C24H28BrFN4O5. The number of nitrogens with zero attached hydrogens (tertiary/aromatic N) is 2. The number of nitrogens with one attached hydrogen (secondary N) is 2. The van der Waals surface area contributed by atoms with Crippen LogP contribution in [0.2, 0.25) is 0 Å². The molecule has 1 aromatic rings. The number of carbonyl (C=O) groups excluding carboxylic acids is 2. The van der Waals surface area contributed by atoms with Gasteiger partial charge in [0.1, 0.15) is 23.7 Å².